The highest BCUT2D eigenvalue weighted by molar-refractivity contribution is 7.86. The number of anilines is 3. The summed E-state index contributed by atoms with van der Waals surface area (Å²) < 4.78 is 19.7. The van der Waals surface area contributed by atoms with Gasteiger partial charge in [-0.15, -0.1) is 0 Å². The number of carbonyl (C=O) groups is 1. The number of H-pyrrole nitrogens is 1. The Labute approximate surface area is 172 Å². The van der Waals surface area contributed by atoms with Crippen LogP contribution in [0.3, 0.4) is 0 Å². The molecule has 3 atom stereocenters. The van der Waals surface area contributed by atoms with Crippen LogP contribution in [-0.2, 0) is 21.5 Å². The number of rotatable bonds is 5. The minimum absolute atomic E-state index is 0.0637. The zero-order valence-corrected chi connectivity index (χ0v) is 17.7. The Morgan fingerprint density at radius 3 is 3.03 bits per heavy atom. The number of ether oxygens (including phenoxy) is 1. The minimum Gasteiger partial charge on any atom is -0.446 e. The number of hydrogen-bond acceptors (Lipinski definition) is 6. The molecule has 0 bridgehead atoms. The molecule has 2 N–H and O–H groups in total. The van der Waals surface area contributed by atoms with E-state index in [9.17, 15) is 9.00 Å². The van der Waals surface area contributed by atoms with Crippen LogP contribution in [0.5, 0.6) is 0 Å². The first-order valence-corrected chi connectivity index (χ1v) is 11.1. The third kappa shape index (κ3) is 3.93. The first-order valence-electron chi connectivity index (χ1n) is 9.80. The van der Waals surface area contributed by atoms with Crippen molar-refractivity contribution in [2.24, 2.45) is 0 Å². The van der Waals surface area contributed by atoms with Gasteiger partial charge in [0, 0.05) is 44.5 Å². The molecular weight excluding hydrogens is 392 g/mol. The van der Waals surface area contributed by atoms with Crippen molar-refractivity contribution >= 4 is 34.3 Å². The molecule has 2 aromatic heterocycles. The largest absolute Gasteiger partial charge is 0.446 e. The summed E-state index contributed by atoms with van der Waals surface area (Å²) in [7, 11) is 2.30. The number of fused-ring (bicyclic) bond motifs is 1. The fourth-order valence-corrected chi connectivity index (χ4v) is 5.20. The zero-order valence-electron chi connectivity index (χ0n) is 16.8. The predicted octanol–water partition coefficient (Wildman–Crippen LogP) is 2.89. The lowest BCUT2D eigenvalue weighted by Gasteiger charge is -2.18. The SMILES string of the molecule is CCN1c2c(Nc3cc(C4CCC(OC(=O)N(C)C)C4)[nH]n3)ccnc2CS1=O. The van der Waals surface area contributed by atoms with Crippen LogP contribution in [0.15, 0.2) is 18.3 Å². The molecule has 2 aliphatic rings. The van der Waals surface area contributed by atoms with Crippen LogP contribution in [0.2, 0.25) is 0 Å². The molecule has 3 heterocycles. The Bertz CT molecular complexity index is 930. The molecule has 9 nitrogen and oxygen atoms in total. The maximum Gasteiger partial charge on any atom is 0.409 e. The number of amides is 1. The van der Waals surface area contributed by atoms with Crippen molar-refractivity contribution in [3.05, 3.63) is 29.7 Å². The lowest BCUT2D eigenvalue weighted by Crippen LogP contribution is -2.26. The molecular formula is C19H26N6O3S. The fraction of sp³-hybridized carbons (Fsp3) is 0.526. The average molecular weight is 419 g/mol. The summed E-state index contributed by atoms with van der Waals surface area (Å²) in [6.07, 6.45) is 3.94. The van der Waals surface area contributed by atoms with E-state index in [0.29, 0.717) is 18.1 Å². The number of nitrogens with zero attached hydrogens (tertiary/aromatic N) is 4. The van der Waals surface area contributed by atoms with Gasteiger partial charge in [0.1, 0.15) is 17.1 Å². The molecule has 0 saturated heterocycles. The van der Waals surface area contributed by atoms with Crippen molar-refractivity contribution < 1.29 is 13.7 Å². The third-order valence-corrected chi connectivity index (χ3v) is 6.81. The van der Waals surface area contributed by atoms with Crippen LogP contribution in [-0.4, -0.2) is 57.1 Å². The topological polar surface area (TPSA) is 103 Å². The van der Waals surface area contributed by atoms with E-state index in [0.717, 1.165) is 42.0 Å². The highest BCUT2D eigenvalue weighted by atomic mass is 32.2. The molecule has 2 aromatic rings. The van der Waals surface area contributed by atoms with E-state index < -0.39 is 11.0 Å². The van der Waals surface area contributed by atoms with Gasteiger partial charge in [-0.3, -0.25) is 14.4 Å². The van der Waals surface area contributed by atoms with E-state index in [1.807, 2.05) is 23.4 Å². The second-order valence-corrected chi connectivity index (χ2v) is 8.93. The first-order chi connectivity index (χ1) is 14.0. The molecule has 1 fully saturated rings. The van der Waals surface area contributed by atoms with Gasteiger partial charge in [0.2, 0.25) is 0 Å². The fourth-order valence-electron chi connectivity index (χ4n) is 3.91. The predicted molar refractivity (Wildman–Crippen MR) is 112 cm³/mol. The zero-order chi connectivity index (χ0) is 20.5. The molecule has 1 amide bonds. The van der Waals surface area contributed by atoms with E-state index in [2.05, 4.69) is 20.5 Å². The summed E-state index contributed by atoms with van der Waals surface area (Å²) in [6.45, 7) is 2.64. The van der Waals surface area contributed by atoms with Gasteiger partial charge in [-0.1, -0.05) is 0 Å². The van der Waals surface area contributed by atoms with Crippen LogP contribution in [0.25, 0.3) is 0 Å². The van der Waals surface area contributed by atoms with Gasteiger partial charge in [0.25, 0.3) is 0 Å². The Hall–Kier alpha value is -2.62. The molecule has 156 valence electrons. The van der Waals surface area contributed by atoms with Crippen molar-refractivity contribution in [3.8, 4) is 0 Å². The molecule has 3 unspecified atom stereocenters. The Morgan fingerprint density at radius 2 is 2.28 bits per heavy atom. The average Bonchev–Trinajstić information content (AvgIpc) is 3.40. The smallest absolute Gasteiger partial charge is 0.409 e. The number of pyridine rings is 1. The van der Waals surface area contributed by atoms with Crippen molar-refractivity contribution in [2.45, 2.75) is 44.0 Å². The number of nitrogens with one attached hydrogen (secondary N) is 2. The normalized spacial score (nSPS) is 23.1. The van der Waals surface area contributed by atoms with E-state index in [1.165, 1.54) is 4.90 Å². The van der Waals surface area contributed by atoms with Gasteiger partial charge in [0.05, 0.1) is 22.8 Å². The second-order valence-electron chi connectivity index (χ2n) is 7.56. The highest BCUT2D eigenvalue weighted by Crippen LogP contribution is 2.39. The standard InChI is InChI=1S/C19H26N6O3S/c1-4-25-18-14(7-8-20-16(18)11-29(25)27)21-17-10-15(22-23-17)12-5-6-13(9-12)28-19(26)24(2)3/h7-8,10,12-13H,4-6,9,11H2,1-3H3,(H2,20,21,22,23). The van der Waals surface area contributed by atoms with Crippen molar-refractivity contribution in [1.29, 1.82) is 0 Å². The molecule has 0 aromatic carbocycles. The monoisotopic (exact) mass is 418 g/mol. The van der Waals surface area contributed by atoms with E-state index in [1.54, 1.807) is 20.3 Å². The second kappa shape index (κ2) is 8.02. The number of aromatic nitrogens is 3. The van der Waals surface area contributed by atoms with Gasteiger partial charge >= 0.3 is 6.09 Å². The van der Waals surface area contributed by atoms with Gasteiger partial charge in [0.15, 0.2) is 5.82 Å². The van der Waals surface area contributed by atoms with Crippen molar-refractivity contribution in [3.63, 3.8) is 0 Å². The number of hydrogen-bond donors (Lipinski definition) is 2. The maximum absolute atomic E-state index is 12.3. The quantitative estimate of drug-likeness (QED) is 0.774. The van der Waals surface area contributed by atoms with E-state index >= 15 is 0 Å². The molecule has 1 saturated carbocycles. The molecule has 4 rings (SSSR count). The van der Waals surface area contributed by atoms with Crippen LogP contribution in [0.1, 0.15) is 43.5 Å². The molecule has 0 radical (unpaired) electrons. The van der Waals surface area contributed by atoms with Crippen LogP contribution in [0.4, 0.5) is 22.0 Å². The van der Waals surface area contributed by atoms with Crippen molar-refractivity contribution in [1.82, 2.24) is 20.1 Å². The first kappa shape index (κ1) is 19.7. The van der Waals surface area contributed by atoms with Gasteiger partial charge in [-0.25, -0.2) is 9.00 Å². The third-order valence-electron chi connectivity index (χ3n) is 5.36. The van der Waals surface area contributed by atoms with E-state index in [4.69, 9.17) is 4.74 Å². The summed E-state index contributed by atoms with van der Waals surface area (Å²) in [5, 5.41) is 10.9. The van der Waals surface area contributed by atoms with Crippen LogP contribution in [0, 0.1) is 0 Å². The lowest BCUT2D eigenvalue weighted by atomic mass is 10.0. The lowest BCUT2D eigenvalue weighted by molar-refractivity contribution is 0.0770. The summed E-state index contributed by atoms with van der Waals surface area (Å²) in [4.78, 5) is 17.6. The molecule has 29 heavy (non-hydrogen) atoms. The summed E-state index contributed by atoms with van der Waals surface area (Å²) in [5.41, 5.74) is 3.60. The van der Waals surface area contributed by atoms with Crippen LogP contribution < -0.4 is 9.62 Å². The van der Waals surface area contributed by atoms with Crippen molar-refractivity contribution in [2.75, 3.05) is 30.3 Å². The molecule has 1 aliphatic heterocycles. The number of carbonyl (C=O) groups excluding carboxylic acids is 1. The van der Waals surface area contributed by atoms with Crippen LogP contribution >= 0.6 is 0 Å². The van der Waals surface area contributed by atoms with Gasteiger partial charge in [-0.05, 0) is 32.3 Å². The maximum atomic E-state index is 12.3. The summed E-state index contributed by atoms with van der Waals surface area (Å²) >= 11 is 0. The van der Waals surface area contributed by atoms with E-state index in [-0.39, 0.29) is 18.1 Å². The Morgan fingerprint density at radius 1 is 1.45 bits per heavy atom. The Kier molecular flexibility index (Phi) is 5.44. The summed E-state index contributed by atoms with van der Waals surface area (Å²) in [6, 6.07) is 3.88. The Balaban J connectivity index is 1.45. The minimum atomic E-state index is -1.08. The number of aromatic amines is 1. The molecule has 1 aliphatic carbocycles. The van der Waals surface area contributed by atoms with Gasteiger partial charge in [-0.2, -0.15) is 5.10 Å². The van der Waals surface area contributed by atoms with Gasteiger partial charge < -0.3 is 15.0 Å². The summed E-state index contributed by atoms with van der Waals surface area (Å²) in [5.74, 6) is 1.43. The highest BCUT2D eigenvalue weighted by Gasteiger charge is 2.31. The molecule has 0 spiro atoms. The molecule has 10 heteroatoms.